The first-order chi connectivity index (χ1) is 2.00. The fourth-order valence-electron chi connectivity index (χ4n) is 0. The fourth-order valence-corrected chi connectivity index (χ4v) is 0. The molecule has 0 bridgehead atoms. The Kier molecular flexibility index (Phi) is 5.15. The van der Waals surface area contributed by atoms with Crippen molar-refractivity contribution in [1.82, 2.24) is 0 Å². The van der Waals surface area contributed by atoms with Gasteiger partial charge in [0, 0.05) is 0 Å². The van der Waals surface area contributed by atoms with E-state index >= 15 is 0 Å². The molecule has 6 heavy (non-hydrogen) atoms. The monoisotopic (exact) mass is 306 g/mol. The van der Waals surface area contributed by atoms with Gasteiger partial charge in [-0.1, -0.05) is 0 Å². The number of hydrogen-bond acceptors (Lipinski definition) is 3. The van der Waals surface area contributed by atoms with Gasteiger partial charge in [0.2, 0.25) is 0 Å². The molecule has 0 saturated heterocycles. The summed E-state index contributed by atoms with van der Waals surface area (Å²) in [6.45, 7) is 0. The van der Waals surface area contributed by atoms with Gasteiger partial charge in [0.25, 0.3) is 0 Å². The van der Waals surface area contributed by atoms with Crippen LogP contribution < -0.4 is 9.79 Å². The molecule has 0 heterocycles. The Bertz CT molecular complexity index is 56.9. The van der Waals surface area contributed by atoms with Crippen molar-refractivity contribution >= 4 is 35.2 Å². The molecule has 0 atom stereocenters. The molecule has 0 aliphatic heterocycles. The van der Waals surface area contributed by atoms with Crippen LogP contribution in [0, 0.1) is 0 Å². The topological polar surface area (TPSA) is 63.2 Å². The largest absolute Gasteiger partial charge is 2.00 e. The maximum Gasteiger partial charge on any atom is 2.00 e. The minimum absolute atomic E-state index is 0. The van der Waals surface area contributed by atoms with E-state index in [0.717, 1.165) is 0 Å². The molecular formula is FO3PPb. The number of hydrogen-bond donors (Lipinski definition) is 0. The summed E-state index contributed by atoms with van der Waals surface area (Å²) in [6.07, 6.45) is 0. The van der Waals surface area contributed by atoms with Gasteiger partial charge < -0.3 is 14.4 Å². The van der Waals surface area contributed by atoms with E-state index in [-0.39, 0.29) is 27.3 Å². The van der Waals surface area contributed by atoms with Crippen LogP contribution in [0.1, 0.15) is 0 Å². The summed E-state index contributed by atoms with van der Waals surface area (Å²) in [7, 11) is -5.64. The molecule has 0 saturated carbocycles. The van der Waals surface area contributed by atoms with Crippen LogP contribution >= 0.6 is 7.91 Å². The van der Waals surface area contributed by atoms with Crippen molar-refractivity contribution in [3.63, 3.8) is 0 Å². The zero-order valence-electron chi connectivity index (χ0n) is 2.55. The van der Waals surface area contributed by atoms with Crippen LogP contribution in [0.25, 0.3) is 0 Å². The normalized spacial score (nSPS) is 9.83. The van der Waals surface area contributed by atoms with E-state index in [1.165, 1.54) is 0 Å². The van der Waals surface area contributed by atoms with Gasteiger partial charge in [-0.25, -0.2) is 4.20 Å². The second-order valence-corrected chi connectivity index (χ2v) is 1.29. The van der Waals surface area contributed by atoms with Gasteiger partial charge in [0.15, 0.2) is 0 Å². The Morgan fingerprint density at radius 2 is 1.50 bits per heavy atom. The third-order valence-corrected chi connectivity index (χ3v) is 0. The summed E-state index contributed by atoms with van der Waals surface area (Å²) in [6, 6.07) is 0. The third-order valence-electron chi connectivity index (χ3n) is 0. The Hall–Kier alpha value is 1.00. The molecular weight excluding hydrogens is 305 g/mol. The SMILES string of the molecule is O=P([O-])([O-])F.[Pb+2]. The molecule has 0 N–H and O–H groups in total. The van der Waals surface area contributed by atoms with Crippen LogP contribution in [0.2, 0.25) is 0 Å². The Balaban J connectivity index is 0. The second kappa shape index (κ2) is 3.06. The summed E-state index contributed by atoms with van der Waals surface area (Å²) >= 11 is 0. The van der Waals surface area contributed by atoms with Crippen LogP contribution in [0.4, 0.5) is 4.20 Å². The van der Waals surface area contributed by atoms with Crippen LogP contribution in [0.3, 0.4) is 0 Å². The van der Waals surface area contributed by atoms with Gasteiger partial charge in [-0.05, 0) is 0 Å². The fraction of sp³-hybridized carbons (Fsp3) is 0. The Morgan fingerprint density at radius 1 is 1.50 bits per heavy atom. The van der Waals surface area contributed by atoms with Crippen molar-refractivity contribution in [2.24, 2.45) is 0 Å². The zero-order chi connectivity index (χ0) is 4.50. The summed E-state index contributed by atoms with van der Waals surface area (Å²) < 4.78 is 18.6. The average molecular weight is 305 g/mol. The maximum atomic E-state index is 10.1. The molecule has 0 aromatic rings. The molecule has 0 aliphatic rings. The minimum Gasteiger partial charge on any atom is -0.786 e. The first kappa shape index (κ1) is 10.1. The molecule has 0 aromatic carbocycles. The van der Waals surface area contributed by atoms with Crippen molar-refractivity contribution in [2.45, 2.75) is 0 Å². The number of rotatable bonds is 0. The summed E-state index contributed by atoms with van der Waals surface area (Å²) in [5.74, 6) is 0. The minimum atomic E-state index is -5.64. The van der Waals surface area contributed by atoms with Gasteiger partial charge in [0.05, 0.1) is 0 Å². The van der Waals surface area contributed by atoms with Gasteiger partial charge in [-0.3, -0.25) is 0 Å². The second-order valence-electron chi connectivity index (χ2n) is 0.431. The first-order valence-corrected chi connectivity index (χ1v) is 2.15. The molecule has 0 unspecified atom stereocenters. The van der Waals surface area contributed by atoms with E-state index in [9.17, 15) is 4.20 Å². The zero-order valence-corrected chi connectivity index (χ0v) is 7.33. The average Bonchev–Trinajstić information content (AvgIpc) is 0.722. The molecule has 0 spiro atoms. The number of halogens is 1. The van der Waals surface area contributed by atoms with Gasteiger partial charge in [-0.15, -0.1) is 0 Å². The van der Waals surface area contributed by atoms with Crippen LogP contribution in [-0.4, -0.2) is 27.3 Å². The molecule has 0 aliphatic carbocycles. The van der Waals surface area contributed by atoms with Crippen LogP contribution in [0.5, 0.6) is 0 Å². The molecule has 34 valence electrons. The summed E-state index contributed by atoms with van der Waals surface area (Å²) in [5, 5.41) is 0. The molecule has 0 rings (SSSR count). The third kappa shape index (κ3) is 79.8. The van der Waals surface area contributed by atoms with Gasteiger partial charge >= 0.3 is 27.3 Å². The van der Waals surface area contributed by atoms with E-state index in [4.69, 9.17) is 14.4 Å². The molecule has 0 aromatic heterocycles. The maximum absolute atomic E-state index is 10.1. The first-order valence-electron chi connectivity index (χ1n) is 0.717. The Labute approximate surface area is 54.0 Å². The smallest absolute Gasteiger partial charge is 0.786 e. The predicted molar refractivity (Wildman–Crippen MR) is 14.5 cm³/mol. The molecule has 0 amide bonds. The van der Waals surface area contributed by atoms with Crippen molar-refractivity contribution in [2.75, 3.05) is 0 Å². The van der Waals surface area contributed by atoms with Crippen molar-refractivity contribution in [1.29, 1.82) is 0 Å². The summed E-state index contributed by atoms with van der Waals surface area (Å²) in [4.78, 5) is 16.9. The quantitative estimate of drug-likeness (QED) is 0.400. The molecule has 0 fully saturated rings. The van der Waals surface area contributed by atoms with Crippen molar-refractivity contribution in [3.05, 3.63) is 0 Å². The standard InChI is InChI=1S/FH2O3P.Pb/c1-5(2,3)4;/h(H2,2,3,4);/q;+2/p-2. The molecule has 6 heteroatoms. The Morgan fingerprint density at radius 3 is 1.50 bits per heavy atom. The molecule has 2 radical (unpaired) electrons. The van der Waals surface area contributed by atoms with Gasteiger partial charge in [0.1, 0.15) is 7.91 Å². The van der Waals surface area contributed by atoms with Gasteiger partial charge in [-0.2, -0.15) is 0 Å². The van der Waals surface area contributed by atoms with Crippen molar-refractivity contribution < 1.29 is 18.5 Å². The van der Waals surface area contributed by atoms with E-state index in [1.807, 2.05) is 0 Å². The van der Waals surface area contributed by atoms with E-state index < -0.39 is 7.91 Å². The van der Waals surface area contributed by atoms with Crippen LogP contribution in [0.15, 0.2) is 0 Å². The van der Waals surface area contributed by atoms with Crippen molar-refractivity contribution in [3.8, 4) is 0 Å². The van der Waals surface area contributed by atoms with E-state index in [0.29, 0.717) is 0 Å². The summed E-state index contributed by atoms with van der Waals surface area (Å²) in [5.41, 5.74) is 0. The van der Waals surface area contributed by atoms with Crippen LogP contribution in [-0.2, 0) is 4.57 Å². The predicted octanol–water partition coefficient (Wildman–Crippen LogP) is -1.60. The van der Waals surface area contributed by atoms with E-state index in [2.05, 4.69) is 0 Å². The van der Waals surface area contributed by atoms with E-state index in [1.54, 1.807) is 0 Å². The molecule has 3 nitrogen and oxygen atoms in total.